The number of methoxy groups -OCH3 is 1. The SMILES string of the molecule is COC(=O)c1ccc(C#N)c(C)c1CBr. The fourth-order valence-corrected chi connectivity index (χ4v) is 2.07. The number of carbonyl (C=O) groups is 1. The Kier molecular flexibility index (Phi) is 3.87. The van der Waals surface area contributed by atoms with Crippen molar-refractivity contribution in [2.75, 3.05) is 7.11 Å². The van der Waals surface area contributed by atoms with Gasteiger partial charge in [-0.05, 0) is 30.2 Å². The molecule has 0 bridgehead atoms. The van der Waals surface area contributed by atoms with Gasteiger partial charge in [-0.1, -0.05) is 15.9 Å². The minimum Gasteiger partial charge on any atom is -0.465 e. The molecule has 0 amide bonds. The molecule has 0 fully saturated rings. The van der Waals surface area contributed by atoms with Gasteiger partial charge in [-0.25, -0.2) is 4.79 Å². The van der Waals surface area contributed by atoms with Gasteiger partial charge in [0.05, 0.1) is 24.3 Å². The molecular weight excluding hydrogens is 258 g/mol. The summed E-state index contributed by atoms with van der Waals surface area (Å²) in [5.41, 5.74) is 2.71. The number of ether oxygens (including phenoxy) is 1. The molecule has 15 heavy (non-hydrogen) atoms. The molecule has 4 heteroatoms. The zero-order valence-electron chi connectivity index (χ0n) is 8.50. The Hall–Kier alpha value is -1.34. The maximum atomic E-state index is 11.4. The molecule has 0 saturated carbocycles. The molecule has 1 aromatic carbocycles. The highest BCUT2D eigenvalue weighted by atomic mass is 79.9. The monoisotopic (exact) mass is 267 g/mol. The lowest BCUT2D eigenvalue weighted by molar-refractivity contribution is 0.0599. The third kappa shape index (κ3) is 2.18. The van der Waals surface area contributed by atoms with E-state index in [2.05, 4.69) is 26.7 Å². The number of nitriles is 1. The van der Waals surface area contributed by atoms with Crippen molar-refractivity contribution in [3.63, 3.8) is 0 Å². The summed E-state index contributed by atoms with van der Waals surface area (Å²) in [5, 5.41) is 9.37. The molecule has 0 unspecified atom stereocenters. The number of benzene rings is 1. The Labute approximate surface area is 96.8 Å². The smallest absolute Gasteiger partial charge is 0.338 e. The Bertz CT molecular complexity index is 435. The Morgan fingerprint density at radius 1 is 1.60 bits per heavy atom. The number of hydrogen-bond acceptors (Lipinski definition) is 3. The van der Waals surface area contributed by atoms with Gasteiger partial charge in [-0.2, -0.15) is 5.26 Å². The lowest BCUT2D eigenvalue weighted by Gasteiger charge is -2.09. The molecule has 0 aliphatic heterocycles. The molecule has 78 valence electrons. The van der Waals surface area contributed by atoms with Crippen LogP contribution in [0.25, 0.3) is 0 Å². The van der Waals surface area contributed by atoms with E-state index in [1.165, 1.54) is 7.11 Å². The van der Waals surface area contributed by atoms with Crippen molar-refractivity contribution in [2.24, 2.45) is 0 Å². The van der Waals surface area contributed by atoms with E-state index >= 15 is 0 Å². The second kappa shape index (κ2) is 4.94. The number of halogens is 1. The van der Waals surface area contributed by atoms with E-state index in [1.807, 2.05) is 6.92 Å². The number of rotatable bonds is 2. The zero-order valence-corrected chi connectivity index (χ0v) is 10.1. The van der Waals surface area contributed by atoms with Gasteiger partial charge in [0, 0.05) is 5.33 Å². The van der Waals surface area contributed by atoms with E-state index < -0.39 is 0 Å². The molecule has 0 radical (unpaired) electrons. The summed E-state index contributed by atoms with van der Waals surface area (Å²) in [5.74, 6) is -0.378. The van der Waals surface area contributed by atoms with Crippen molar-refractivity contribution < 1.29 is 9.53 Å². The van der Waals surface area contributed by atoms with Crippen LogP contribution in [-0.4, -0.2) is 13.1 Å². The van der Waals surface area contributed by atoms with E-state index in [0.29, 0.717) is 16.5 Å². The number of carbonyl (C=O) groups excluding carboxylic acids is 1. The van der Waals surface area contributed by atoms with Crippen LogP contribution < -0.4 is 0 Å². The maximum absolute atomic E-state index is 11.4. The lowest BCUT2D eigenvalue weighted by Crippen LogP contribution is -2.07. The third-order valence-corrected chi connectivity index (χ3v) is 2.82. The summed E-state index contributed by atoms with van der Waals surface area (Å²) in [6, 6.07) is 5.33. The first-order valence-corrected chi connectivity index (χ1v) is 5.44. The summed E-state index contributed by atoms with van der Waals surface area (Å²) in [7, 11) is 1.34. The summed E-state index contributed by atoms with van der Waals surface area (Å²) in [6.07, 6.45) is 0. The van der Waals surface area contributed by atoms with Crippen molar-refractivity contribution in [1.29, 1.82) is 5.26 Å². The highest BCUT2D eigenvalue weighted by Crippen LogP contribution is 2.21. The van der Waals surface area contributed by atoms with Crippen molar-refractivity contribution in [3.05, 3.63) is 34.4 Å². The van der Waals surface area contributed by atoms with Crippen LogP contribution in [0, 0.1) is 18.3 Å². The number of alkyl halides is 1. The molecule has 0 aromatic heterocycles. The number of esters is 1. The summed E-state index contributed by atoms with van der Waals surface area (Å²) < 4.78 is 4.66. The van der Waals surface area contributed by atoms with E-state index in [4.69, 9.17) is 5.26 Å². The molecule has 0 heterocycles. The van der Waals surface area contributed by atoms with Crippen LogP contribution in [0.4, 0.5) is 0 Å². The van der Waals surface area contributed by atoms with Crippen LogP contribution in [-0.2, 0) is 10.1 Å². The van der Waals surface area contributed by atoms with Crippen molar-refractivity contribution >= 4 is 21.9 Å². The quantitative estimate of drug-likeness (QED) is 0.611. The van der Waals surface area contributed by atoms with Crippen LogP contribution in [0.1, 0.15) is 27.0 Å². The molecule has 0 spiro atoms. The minimum atomic E-state index is -0.378. The van der Waals surface area contributed by atoms with E-state index in [9.17, 15) is 4.79 Å². The average Bonchev–Trinajstić information content (AvgIpc) is 2.27. The van der Waals surface area contributed by atoms with Gasteiger partial charge in [0.1, 0.15) is 0 Å². The molecule has 0 aliphatic carbocycles. The summed E-state index contributed by atoms with van der Waals surface area (Å²) in [4.78, 5) is 11.4. The largest absolute Gasteiger partial charge is 0.465 e. The molecule has 1 aromatic rings. The second-order valence-corrected chi connectivity index (χ2v) is 3.56. The molecule has 0 atom stereocenters. The van der Waals surface area contributed by atoms with Gasteiger partial charge in [-0.15, -0.1) is 0 Å². The third-order valence-electron chi connectivity index (χ3n) is 2.26. The lowest BCUT2D eigenvalue weighted by atomic mass is 9.99. The van der Waals surface area contributed by atoms with Gasteiger partial charge in [0.25, 0.3) is 0 Å². The number of hydrogen-bond donors (Lipinski definition) is 0. The topological polar surface area (TPSA) is 50.1 Å². The fraction of sp³-hybridized carbons (Fsp3) is 0.273. The average molecular weight is 268 g/mol. The first-order valence-electron chi connectivity index (χ1n) is 4.32. The normalized spacial score (nSPS) is 9.47. The summed E-state index contributed by atoms with van der Waals surface area (Å²) in [6.45, 7) is 1.82. The van der Waals surface area contributed by atoms with Gasteiger partial charge in [0.15, 0.2) is 0 Å². The van der Waals surface area contributed by atoms with Gasteiger partial charge in [0.2, 0.25) is 0 Å². The van der Waals surface area contributed by atoms with Crippen LogP contribution in [0.5, 0.6) is 0 Å². The molecule has 3 nitrogen and oxygen atoms in total. The highest BCUT2D eigenvalue weighted by molar-refractivity contribution is 9.08. The van der Waals surface area contributed by atoms with E-state index in [-0.39, 0.29) is 5.97 Å². The maximum Gasteiger partial charge on any atom is 0.338 e. The first kappa shape index (κ1) is 11.7. The second-order valence-electron chi connectivity index (χ2n) is 3.00. The molecule has 0 aliphatic rings. The molecular formula is C11H10BrNO2. The molecule has 0 N–H and O–H groups in total. The zero-order chi connectivity index (χ0) is 11.4. The van der Waals surface area contributed by atoms with Crippen LogP contribution in [0.3, 0.4) is 0 Å². The number of nitrogens with zero attached hydrogens (tertiary/aromatic N) is 1. The van der Waals surface area contributed by atoms with Crippen LogP contribution in [0.15, 0.2) is 12.1 Å². The standard InChI is InChI=1S/C11H10BrNO2/c1-7-8(6-13)3-4-9(10(7)5-12)11(14)15-2/h3-4H,5H2,1-2H3. The van der Waals surface area contributed by atoms with E-state index in [0.717, 1.165) is 11.1 Å². The van der Waals surface area contributed by atoms with Gasteiger partial charge >= 0.3 is 5.97 Å². The molecule has 0 saturated heterocycles. The highest BCUT2D eigenvalue weighted by Gasteiger charge is 2.14. The predicted molar refractivity (Wildman–Crippen MR) is 59.9 cm³/mol. The Balaban J connectivity index is 3.39. The Morgan fingerprint density at radius 3 is 2.73 bits per heavy atom. The van der Waals surface area contributed by atoms with Crippen molar-refractivity contribution in [2.45, 2.75) is 12.3 Å². The van der Waals surface area contributed by atoms with E-state index in [1.54, 1.807) is 12.1 Å². The van der Waals surface area contributed by atoms with Crippen LogP contribution in [0.2, 0.25) is 0 Å². The fourth-order valence-electron chi connectivity index (χ4n) is 1.35. The van der Waals surface area contributed by atoms with Gasteiger partial charge < -0.3 is 4.74 Å². The van der Waals surface area contributed by atoms with Crippen LogP contribution >= 0.6 is 15.9 Å². The minimum absolute atomic E-state index is 0.378. The first-order chi connectivity index (χ1) is 7.15. The van der Waals surface area contributed by atoms with Crippen molar-refractivity contribution in [3.8, 4) is 6.07 Å². The van der Waals surface area contributed by atoms with Crippen molar-refractivity contribution in [1.82, 2.24) is 0 Å². The van der Waals surface area contributed by atoms with Gasteiger partial charge in [-0.3, -0.25) is 0 Å². The Morgan fingerprint density at radius 2 is 2.27 bits per heavy atom. The molecule has 1 rings (SSSR count). The summed E-state index contributed by atoms with van der Waals surface area (Å²) >= 11 is 3.30. The predicted octanol–water partition coefficient (Wildman–Crippen LogP) is 2.55.